The van der Waals surface area contributed by atoms with Gasteiger partial charge >= 0.3 is 0 Å². The molecule has 2 aromatic heterocycles. The highest BCUT2D eigenvalue weighted by molar-refractivity contribution is 7.11. The maximum atomic E-state index is 4.42. The van der Waals surface area contributed by atoms with Gasteiger partial charge in [0.2, 0.25) is 0 Å². The molecule has 1 aliphatic rings. The van der Waals surface area contributed by atoms with Crippen molar-refractivity contribution >= 4 is 11.3 Å². The van der Waals surface area contributed by atoms with Crippen molar-refractivity contribution in [3.05, 3.63) is 39.6 Å². The molecule has 3 rings (SSSR count). The Morgan fingerprint density at radius 3 is 2.72 bits per heavy atom. The molecule has 0 bridgehead atoms. The molecule has 0 saturated heterocycles. The number of thiophene rings is 1. The topological polar surface area (TPSA) is 31.9 Å². The van der Waals surface area contributed by atoms with Crippen molar-refractivity contribution in [1.82, 2.24) is 14.9 Å². The zero-order valence-electron chi connectivity index (χ0n) is 10.9. The van der Waals surface area contributed by atoms with Crippen molar-refractivity contribution in [2.24, 2.45) is 0 Å². The van der Waals surface area contributed by atoms with E-state index in [9.17, 15) is 0 Å². The van der Waals surface area contributed by atoms with Crippen LogP contribution >= 0.6 is 11.3 Å². The molecule has 18 heavy (non-hydrogen) atoms. The first-order valence-electron chi connectivity index (χ1n) is 6.50. The Morgan fingerprint density at radius 1 is 1.33 bits per heavy atom. The lowest BCUT2D eigenvalue weighted by Gasteiger charge is -2.20. The Morgan fingerprint density at radius 2 is 2.17 bits per heavy atom. The van der Waals surface area contributed by atoms with E-state index in [1.165, 1.54) is 34.0 Å². The van der Waals surface area contributed by atoms with E-state index in [-0.39, 0.29) is 0 Å². The summed E-state index contributed by atoms with van der Waals surface area (Å²) in [5.41, 5.74) is 2.39. The fourth-order valence-electron chi connectivity index (χ4n) is 2.26. The number of hydrogen-bond acceptors (Lipinski definition) is 3. The maximum absolute atomic E-state index is 4.42. The van der Waals surface area contributed by atoms with Gasteiger partial charge in [0.1, 0.15) is 0 Å². The number of hydrogen-bond donors (Lipinski definition) is 1. The van der Waals surface area contributed by atoms with Gasteiger partial charge in [0.25, 0.3) is 0 Å². The van der Waals surface area contributed by atoms with Crippen LogP contribution in [0.3, 0.4) is 0 Å². The van der Waals surface area contributed by atoms with Crippen LogP contribution in [0, 0.1) is 13.8 Å². The first kappa shape index (κ1) is 11.9. The summed E-state index contributed by atoms with van der Waals surface area (Å²) in [5.74, 6) is 0. The Hall–Kier alpha value is -1.13. The van der Waals surface area contributed by atoms with Crippen LogP contribution in [-0.4, -0.2) is 20.9 Å². The summed E-state index contributed by atoms with van der Waals surface area (Å²) in [4.78, 5) is 13.0. The smallest absolute Gasteiger partial charge is 0.0925 e. The van der Waals surface area contributed by atoms with Gasteiger partial charge in [-0.3, -0.25) is 4.90 Å². The zero-order valence-corrected chi connectivity index (χ0v) is 11.8. The van der Waals surface area contributed by atoms with E-state index in [4.69, 9.17) is 0 Å². The number of rotatable bonds is 5. The van der Waals surface area contributed by atoms with E-state index in [1.54, 1.807) is 6.33 Å². The Kier molecular flexibility index (Phi) is 3.22. The minimum Gasteiger partial charge on any atom is -0.348 e. The second-order valence-corrected chi connectivity index (χ2v) is 6.50. The van der Waals surface area contributed by atoms with Gasteiger partial charge in [-0.1, -0.05) is 0 Å². The third-order valence-electron chi connectivity index (χ3n) is 3.51. The lowest BCUT2D eigenvalue weighted by Crippen LogP contribution is -2.25. The molecule has 1 N–H and O–H groups in total. The van der Waals surface area contributed by atoms with E-state index in [2.05, 4.69) is 40.8 Å². The van der Waals surface area contributed by atoms with Gasteiger partial charge in [0.05, 0.1) is 12.0 Å². The molecule has 0 spiro atoms. The summed E-state index contributed by atoms with van der Waals surface area (Å²) in [6, 6.07) is 5.24. The Balaban J connectivity index is 1.71. The van der Waals surface area contributed by atoms with Crippen molar-refractivity contribution in [3.8, 4) is 0 Å². The van der Waals surface area contributed by atoms with Gasteiger partial charge in [0.15, 0.2) is 0 Å². The number of imidazole rings is 1. The standard InChI is InChI=1S/C14H19N3S/c1-10-3-6-13(18-10)7-17(12-4-5-12)8-14-11(2)15-9-16-14/h3,6,9,12H,4-5,7-8H2,1-2H3,(H,15,16). The summed E-state index contributed by atoms with van der Waals surface area (Å²) in [5, 5.41) is 0. The first-order chi connectivity index (χ1) is 8.72. The van der Waals surface area contributed by atoms with Crippen molar-refractivity contribution in [2.45, 2.75) is 45.8 Å². The van der Waals surface area contributed by atoms with Gasteiger partial charge in [-0.05, 0) is 38.8 Å². The average molecular weight is 261 g/mol. The highest BCUT2D eigenvalue weighted by Crippen LogP contribution is 2.31. The molecule has 0 unspecified atom stereocenters. The summed E-state index contributed by atoms with van der Waals surface area (Å²) in [6.45, 7) is 6.31. The fraction of sp³-hybridized carbons (Fsp3) is 0.500. The third-order valence-corrected chi connectivity index (χ3v) is 4.49. The molecule has 0 atom stereocenters. The van der Waals surface area contributed by atoms with Gasteiger partial charge in [-0.15, -0.1) is 11.3 Å². The molecule has 1 aliphatic carbocycles. The minimum atomic E-state index is 0.767. The Bertz CT molecular complexity index is 525. The van der Waals surface area contributed by atoms with E-state index in [0.29, 0.717) is 0 Å². The zero-order chi connectivity index (χ0) is 12.5. The molecular formula is C14H19N3S. The predicted molar refractivity (Wildman–Crippen MR) is 74.6 cm³/mol. The van der Waals surface area contributed by atoms with E-state index < -0.39 is 0 Å². The highest BCUT2D eigenvalue weighted by atomic mass is 32.1. The van der Waals surface area contributed by atoms with Gasteiger partial charge in [-0.25, -0.2) is 4.98 Å². The molecule has 2 aromatic rings. The quantitative estimate of drug-likeness (QED) is 0.896. The molecule has 96 valence electrons. The summed E-state index contributed by atoms with van der Waals surface area (Å²) in [6.07, 6.45) is 4.48. The number of nitrogens with zero attached hydrogens (tertiary/aromatic N) is 2. The summed E-state index contributed by atoms with van der Waals surface area (Å²) >= 11 is 1.91. The van der Waals surface area contributed by atoms with Crippen molar-refractivity contribution in [3.63, 3.8) is 0 Å². The van der Waals surface area contributed by atoms with Gasteiger partial charge in [-0.2, -0.15) is 0 Å². The van der Waals surface area contributed by atoms with E-state index in [1.807, 2.05) is 11.3 Å². The van der Waals surface area contributed by atoms with Gasteiger partial charge in [0, 0.05) is 34.6 Å². The van der Waals surface area contributed by atoms with Crippen LogP contribution in [0.1, 0.15) is 34.0 Å². The van der Waals surface area contributed by atoms with Crippen LogP contribution in [-0.2, 0) is 13.1 Å². The van der Waals surface area contributed by atoms with Gasteiger partial charge < -0.3 is 4.98 Å². The monoisotopic (exact) mass is 261 g/mol. The number of aromatic amines is 1. The molecule has 1 fully saturated rings. The molecule has 0 aromatic carbocycles. The molecule has 0 amide bonds. The van der Waals surface area contributed by atoms with Crippen LogP contribution in [0.15, 0.2) is 18.5 Å². The molecule has 4 heteroatoms. The number of nitrogens with one attached hydrogen (secondary N) is 1. The summed E-state index contributed by atoms with van der Waals surface area (Å²) in [7, 11) is 0. The number of aromatic nitrogens is 2. The molecular weight excluding hydrogens is 242 g/mol. The van der Waals surface area contributed by atoms with Crippen molar-refractivity contribution < 1.29 is 0 Å². The van der Waals surface area contributed by atoms with Crippen molar-refractivity contribution in [1.29, 1.82) is 0 Å². The number of H-pyrrole nitrogens is 1. The molecule has 0 aliphatic heterocycles. The third kappa shape index (κ3) is 2.65. The first-order valence-corrected chi connectivity index (χ1v) is 7.32. The van der Waals surface area contributed by atoms with E-state index >= 15 is 0 Å². The number of aryl methyl sites for hydroxylation is 2. The lowest BCUT2D eigenvalue weighted by molar-refractivity contribution is 0.245. The van der Waals surface area contributed by atoms with Crippen molar-refractivity contribution in [2.75, 3.05) is 0 Å². The van der Waals surface area contributed by atoms with Crippen LogP contribution in [0.4, 0.5) is 0 Å². The average Bonchev–Trinajstić information content (AvgIpc) is 3.00. The normalized spacial score (nSPS) is 15.5. The van der Waals surface area contributed by atoms with Crippen LogP contribution < -0.4 is 0 Å². The SMILES string of the molecule is Cc1ccc(CN(Cc2nc[nH]c2C)C2CC2)s1. The molecule has 2 heterocycles. The minimum absolute atomic E-state index is 0.767. The van der Waals surface area contributed by atoms with Crippen LogP contribution in [0.5, 0.6) is 0 Å². The largest absolute Gasteiger partial charge is 0.348 e. The van der Waals surface area contributed by atoms with Crippen LogP contribution in [0.25, 0.3) is 0 Å². The second kappa shape index (κ2) is 4.86. The lowest BCUT2D eigenvalue weighted by atomic mass is 10.3. The Labute approximate surface area is 112 Å². The second-order valence-electron chi connectivity index (χ2n) is 5.12. The predicted octanol–water partition coefficient (Wildman–Crippen LogP) is 3.25. The summed E-state index contributed by atoms with van der Waals surface area (Å²) < 4.78 is 0. The highest BCUT2D eigenvalue weighted by Gasteiger charge is 2.29. The molecule has 1 saturated carbocycles. The van der Waals surface area contributed by atoms with Crippen LogP contribution in [0.2, 0.25) is 0 Å². The maximum Gasteiger partial charge on any atom is 0.0925 e. The molecule has 0 radical (unpaired) electrons. The molecule has 3 nitrogen and oxygen atoms in total. The fourth-order valence-corrected chi connectivity index (χ4v) is 3.18. The van der Waals surface area contributed by atoms with E-state index in [0.717, 1.165) is 19.1 Å².